The van der Waals surface area contributed by atoms with E-state index in [0.29, 0.717) is 17.6 Å². The molecule has 0 saturated carbocycles. The molecule has 0 amide bonds. The number of hydrogen-bond acceptors (Lipinski definition) is 6. The van der Waals surface area contributed by atoms with Crippen LogP contribution in [0.2, 0.25) is 0 Å². The topological polar surface area (TPSA) is 78.9 Å². The Morgan fingerprint density at radius 1 is 1.31 bits per heavy atom. The van der Waals surface area contributed by atoms with Crippen LogP contribution in [-0.2, 0) is 23.9 Å². The van der Waals surface area contributed by atoms with Gasteiger partial charge in [0.15, 0.2) is 12.2 Å². The lowest BCUT2D eigenvalue weighted by atomic mass is 9.98. The van der Waals surface area contributed by atoms with Crippen molar-refractivity contribution in [1.82, 2.24) is 0 Å². The molecule has 0 aliphatic carbocycles. The molecule has 0 unspecified atom stereocenters. The van der Waals surface area contributed by atoms with E-state index in [-0.39, 0.29) is 29.9 Å². The lowest BCUT2D eigenvalue weighted by molar-refractivity contribution is -0.153. The first-order valence-corrected chi connectivity index (χ1v) is 8.54. The third-order valence-electron chi connectivity index (χ3n) is 4.03. The maximum Gasteiger partial charge on any atom is 0.306 e. The van der Waals surface area contributed by atoms with Gasteiger partial charge < -0.3 is 14.2 Å². The van der Waals surface area contributed by atoms with E-state index in [1.807, 2.05) is 13.8 Å². The molecule has 0 aromatic heterocycles. The van der Waals surface area contributed by atoms with E-state index in [1.54, 1.807) is 25.1 Å². The highest BCUT2D eigenvalue weighted by Gasteiger charge is 2.39. The van der Waals surface area contributed by atoms with Crippen LogP contribution in [0.15, 0.2) is 30.4 Å². The highest BCUT2D eigenvalue weighted by Crippen LogP contribution is 2.42. The van der Waals surface area contributed by atoms with Crippen LogP contribution in [0.5, 0.6) is 5.75 Å². The zero-order valence-electron chi connectivity index (χ0n) is 15.5. The minimum atomic E-state index is -0.766. The van der Waals surface area contributed by atoms with E-state index < -0.39 is 18.3 Å². The van der Waals surface area contributed by atoms with Crippen molar-refractivity contribution in [3.63, 3.8) is 0 Å². The van der Waals surface area contributed by atoms with Crippen LogP contribution in [0.25, 0.3) is 0 Å². The lowest BCUT2D eigenvalue weighted by Crippen LogP contribution is -2.26. The van der Waals surface area contributed by atoms with Crippen LogP contribution < -0.4 is 4.74 Å². The number of benzene rings is 1. The fourth-order valence-electron chi connectivity index (χ4n) is 2.81. The standard InChI is InChI=1S/C20H24O6/c1-11(2)8-18(23)26-20-16-9-15(13(4)24-14(5)22)6-7-17(16)25-19(20)12(3)10-21/h6-7,9-11,13,19-20H,3,8H2,1-2,4-5H3/t13-,19+,20-/m0/s1. The molecule has 0 bridgehead atoms. The average Bonchev–Trinajstić information content (AvgIpc) is 2.90. The predicted octanol–water partition coefficient (Wildman–Crippen LogP) is 3.46. The highest BCUT2D eigenvalue weighted by molar-refractivity contribution is 5.76. The molecular formula is C20H24O6. The van der Waals surface area contributed by atoms with Gasteiger partial charge in [0, 0.05) is 24.5 Å². The molecule has 6 heteroatoms. The molecule has 0 fully saturated rings. The Hall–Kier alpha value is -2.63. The van der Waals surface area contributed by atoms with Crippen molar-refractivity contribution in [2.45, 2.75) is 52.4 Å². The Bertz CT molecular complexity index is 721. The van der Waals surface area contributed by atoms with Crippen LogP contribution in [0, 0.1) is 5.92 Å². The van der Waals surface area contributed by atoms with Crippen molar-refractivity contribution in [2.24, 2.45) is 5.92 Å². The molecule has 6 nitrogen and oxygen atoms in total. The van der Waals surface area contributed by atoms with Gasteiger partial charge in [-0.1, -0.05) is 26.5 Å². The summed E-state index contributed by atoms with van der Waals surface area (Å²) >= 11 is 0. The highest BCUT2D eigenvalue weighted by atomic mass is 16.6. The van der Waals surface area contributed by atoms with E-state index >= 15 is 0 Å². The minimum Gasteiger partial charge on any atom is -0.481 e. The van der Waals surface area contributed by atoms with Crippen molar-refractivity contribution in [2.75, 3.05) is 0 Å². The molecule has 140 valence electrons. The van der Waals surface area contributed by atoms with Gasteiger partial charge >= 0.3 is 11.9 Å². The Labute approximate surface area is 153 Å². The zero-order chi connectivity index (χ0) is 19.4. The van der Waals surface area contributed by atoms with Crippen molar-refractivity contribution >= 4 is 18.2 Å². The van der Waals surface area contributed by atoms with Gasteiger partial charge in [0.05, 0.1) is 0 Å². The van der Waals surface area contributed by atoms with Gasteiger partial charge in [-0.05, 0) is 30.5 Å². The molecular weight excluding hydrogens is 336 g/mol. The van der Waals surface area contributed by atoms with Crippen molar-refractivity contribution < 1.29 is 28.6 Å². The van der Waals surface area contributed by atoms with Gasteiger partial charge in [-0.3, -0.25) is 14.4 Å². The van der Waals surface area contributed by atoms with Crippen molar-refractivity contribution in [3.05, 3.63) is 41.5 Å². The largest absolute Gasteiger partial charge is 0.481 e. The summed E-state index contributed by atoms with van der Waals surface area (Å²) < 4.78 is 16.6. The first-order valence-electron chi connectivity index (χ1n) is 8.54. The third-order valence-corrected chi connectivity index (χ3v) is 4.03. The molecule has 1 aromatic rings. The zero-order valence-corrected chi connectivity index (χ0v) is 15.5. The van der Waals surface area contributed by atoms with Gasteiger partial charge in [-0.15, -0.1) is 0 Å². The Balaban J connectivity index is 2.33. The van der Waals surface area contributed by atoms with Gasteiger partial charge in [0.25, 0.3) is 0 Å². The summed E-state index contributed by atoms with van der Waals surface area (Å²) in [6.07, 6.45) is -1.13. The number of aldehydes is 1. The first-order chi connectivity index (χ1) is 12.2. The smallest absolute Gasteiger partial charge is 0.306 e. The number of esters is 2. The summed E-state index contributed by atoms with van der Waals surface area (Å²) in [6, 6.07) is 5.26. The third kappa shape index (κ3) is 4.50. The molecule has 0 saturated heterocycles. The van der Waals surface area contributed by atoms with Crippen LogP contribution in [0.3, 0.4) is 0 Å². The fraction of sp³-hybridized carbons (Fsp3) is 0.450. The number of fused-ring (bicyclic) bond motifs is 1. The van der Waals surface area contributed by atoms with E-state index in [1.165, 1.54) is 6.92 Å². The van der Waals surface area contributed by atoms with E-state index in [4.69, 9.17) is 14.2 Å². The van der Waals surface area contributed by atoms with Gasteiger partial charge in [-0.25, -0.2) is 0 Å². The summed E-state index contributed by atoms with van der Waals surface area (Å²) in [5.74, 6) is -0.101. The second-order valence-electron chi connectivity index (χ2n) is 6.79. The van der Waals surface area contributed by atoms with Crippen LogP contribution >= 0.6 is 0 Å². The number of rotatable bonds is 7. The minimum absolute atomic E-state index is 0.146. The van der Waals surface area contributed by atoms with E-state index in [9.17, 15) is 14.4 Å². The molecule has 3 atom stereocenters. The summed E-state index contributed by atoms with van der Waals surface area (Å²) in [5, 5.41) is 0. The van der Waals surface area contributed by atoms with Gasteiger partial charge in [-0.2, -0.15) is 0 Å². The van der Waals surface area contributed by atoms with Crippen molar-refractivity contribution in [3.8, 4) is 5.75 Å². The fourth-order valence-corrected chi connectivity index (χ4v) is 2.81. The molecule has 26 heavy (non-hydrogen) atoms. The molecule has 1 aliphatic heterocycles. The maximum absolute atomic E-state index is 12.2. The Morgan fingerprint density at radius 2 is 2.00 bits per heavy atom. The molecule has 2 rings (SSSR count). The van der Waals surface area contributed by atoms with Crippen LogP contribution in [-0.4, -0.2) is 24.3 Å². The quantitative estimate of drug-likeness (QED) is 0.421. The number of carbonyl (C=O) groups excluding carboxylic acids is 3. The second-order valence-corrected chi connectivity index (χ2v) is 6.79. The molecule has 0 spiro atoms. The van der Waals surface area contributed by atoms with Crippen LogP contribution in [0.1, 0.15) is 57.5 Å². The number of hydrogen-bond donors (Lipinski definition) is 0. The molecule has 1 heterocycles. The van der Waals surface area contributed by atoms with E-state index in [0.717, 1.165) is 5.56 Å². The number of ether oxygens (including phenoxy) is 3. The molecule has 0 N–H and O–H groups in total. The lowest BCUT2D eigenvalue weighted by Gasteiger charge is -2.20. The van der Waals surface area contributed by atoms with E-state index in [2.05, 4.69) is 6.58 Å². The Morgan fingerprint density at radius 3 is 2.58 bits per heavy atom. The summed E-state index contributed by atoms with van der Waals surface area (Å²) in [4.78, 5) is 34.5. The normalized spacial score (nSPS) is 19.3. The predicted molar refractivity (Wildman–Crippen MR) is 94.5 cm³/mol. The monoisotopic (exact) mass is 360 g/mol. The first kappa shape index (κ1) is 19.7. The molecule has 0 radical (unpaired) electrons. The van der Waals surface area contributed by atoms with Gasteiger partial charge in [0.2, 0.25) is 0 Å². The number of carbonyl (C=O) groups is 3. The van der Waals surface area contributed by atoms with Gasteiger partial charge in [0.1, 0.15) is 18.1 Å². The summed E-state index contributed by atoms with van der Waals surface area (Å²) in [7, 11) is 0. The second kappa shape index (κ2) is 8.17. The SMILES string of the molecule is C=C(C=O)[C@H]1Oc2ccc([C@H](C)OC(C)=O)cc2[C@@H]1OC(=O)CC(C)C. The average molecular weight is 360 g/mol. The molecule has 1 aliphatic rings. The maximum atomic E-state index is 12.2. The van der Waals surface area contributed by atoms with Crippen LogP contribution in [0.4, 0.5) is 0 Å². The Kier molecular flexibility index (Phi) is 6.18. The molecule has 1 aromatic carbocycles. The summed E-state index contributed by atoms with van der Waals surface area (Å²) in [6.45, 7) is 10.6. The van der Waals surface area contributed by atoms with Crippen molar-refractivity contribution in [1.29, 1.82) is 0 Å². The summed E-state index contributed by atoms with van der Waals surface area (Å²) in [5.41, 5.74) is 1.56.